The van der Waals surface area contributed by atoms with E-state index in [0.29, 0.717) is 73.0 Å². The van der Waals surface area contributed by atoms with Gasteiger partial charge in [-0.25, -0.2) is 31.2 Å². The van der Waals surface area contributed by atoms with Crippen LogP contribution in [-0.4, -0.2) is 154 Å². The van der Waals surface area contributed by atoms with E-state index in [1.165, 1.54) is 39.9 Å². The van der Waals surface area contributed by atoms with E-state index >= 15 is 0 Å². The van der Waals surface area contributed by atoms with Crippen molar-refractivity contribution in [3.8, 4) is 0 Å². The zero-order chi connectivity index (χ0) is 44.9. The molecule has 60 heavy (non-hydrogen) atoms. The second kappa shape index (κ2) is 26.1. The molecule has 0 radical (unpaired) electrons. The van der Waals surface area contributed by atoms with Gasteiger partial charge < -0.3 is 23.3 Å². The molecule has 3 aromatic rings. The molecule has 0 aliphatic rings. The van der Waals surface area contributed by atoms with Crippen molar-refractivity contribution in [1.82, 2.24) is 19.9 Å². The summed E-state index contributed by atoms with van der Waals surface area (Å²) in [4.78, 5) is 63.0. The van der Waals surface area contributed by atoms with E-state index in [2.05, 4.69) is 49.0 Å². The average Bonchev–Trinajstić information content (AvgIpc) is 3.18. The van der Waals surface area contributed by atoms with Crippen molar-refractivity contribution in [3.05, 3.63) is 88.8 Å². The molecular weight excluding hydrogens is 908 g/mol. The molecule has 0 aliphatic carbocycles. The average molecular weight is 942 g/mol. The van der Waals surface area contributed by atoms with Gasteiger partial charge in [-0.2, -0.15) is 26.3 Å². The number of nitrogens with zero attached hydrogens (tertiary/aromatic N) is 7. The molecule has 0 unspecified atom stereocenters. The fourth-order valence-corrected chi connectivity index (χ4v) is 3.57. The number of hydrogen-bond donors (Lipinski definition) is 0. The Kier molecular flexibility index (Phi) is 23.8. The van der Waals surface area contributed by atoms with Gasteiger partial charge in [0.2, 0.25) is 0 Å². The van der Waals surface area contributed by atoms with E-state index in [-0.39, 0.29) is 17.1 Å². The first kappa shape index (κ1) is 54.7. The molecule has 0 aliphatic heterocycles. The summed E-state index contributed by atoms with van der Waals surface area (Å²) >= 11 is 0. The summed E-state index contributed by atoms with van der Waals surface area (Å²) in [5.41, 5.74) is -8.29. The Morgan fingerprint density at radius 1 is 0.583 bits per heavy atom. The van der Waals surface area contributed by atoms with E-state index in [1.54, 1.807) is 55.0 Å². The molecule has 3 aromatic heterocycles. The van der Waals surface area contributed by atoms with Crippen molar-refractivity contribution >= 4 is 56.8 Å². The molecule has 0 saturated carbocycles. The summed E-state index contributed by atoms with van der Waals surface area (Å²) in [6.45, 7) is 3.50. The number of ether oxygens (including phenoxy) is 3. The molecule has 0 atom stereocenters. The molecular formula is C32H33F6FeN7O12S2. The topological polar surface area (TPSA) is 272 Å². The van der Waals surface area contributed by atoms with Crippen molar-refractivity contribution in [1.29, 1.82) is 0 Å². The molecule has 28 heteroatoms. The van der Waals surface area contributed by atoms with E-state index in [4.69, 9.17) is 25.9 Å². The summed E-state index contributed by atoms with van der Waals surface area (Å²) in [5, 5.41) is 0. The van der Waals surface area contributed by atoms with Crippen LogP contribution in [0.15, 0.2) is 70.0 Å². The number of halogens is 6. The summed E-state index contributed by atoms with van der Waals surface area (Å²) in [7, 11) is -8.22. The fraction of sp³-hybridized carbons (Fsp3) is 0.344. The first-order valence-electron chi connectivity index (χ1n) is 15.8. The SMILES string of the molecule is COC(=O)c1ccc(C=NCCN(CCN=Cc2ccc(C(=O)OC)cn2)CCN=Cc2ccc(C(=O)OC)cn2)nc1.O=S(=O)([O-])C(F)(F)F.O=S(=O)([O-])C(F)(F)F.[Fe+2]. The van der Waals surface area contributed by atoms with Crippen LogP contribution in [-0.2, 0) is 51.5 Å². The van der Waals surface area contributed by atoms with Crippen LogP contribution in [0.3, 0.4) is 0 Å². The largest absolute Gasteiger partial charge is 2.00 e. The number of carbonyl (C=O) groups is 3. The Bertz CT molecular complexity index is 1910. The van der Waals surface area contributed by atoms with Gasteiger partial charge >= 0.3 is 46.0 Å². The number of methoxy groups -OCH3 is 3. The molecule has 0 fully saturated rings. The predicted octanol–water partition coefficient (Wildman–Crippen LogP) is 2.29. The number of alkyl halides is 6. The number of aromatic nitrogens is 3. The maximum atomic E-state index is 11.6. The molecule has 0 N–H and O–H groups in total. The molecule has 0 spiro atoms. The third-order valence-corrected chi connectivity index (χ3v) is 7.63. The Hall–Kier alpha value is -5.25. The molecule has 0 bridgehead atoms. The van der Waals surface area contributed by atoms with Gasteiger partial charge in [-0.15, -0.1) is 0 Å². The Morgan fingerprint density at radius 3 is 0.983 bits per heavy atom. The fourth-order valence-electron chi connectivity index (χ4n) is 3.57. The maximum absolute atomic E-state index is 11.6. The second-order valence-corrected chi connectivity index (χ2v) is 13.4. The zero-order valence-electron chi connectivity index (χ0n) is 31.1. The van der Waals surface area contributed by atoms with Crippen molar-refractivity contribution < 1.29 is 97.9 Å². The standard InChI is InChI=1S/C30H33N7O6.2CHF3O3S.Fe/c1-41-28(38)22-4-7-25(34-16-22)19-31-10-13-37(14-11-32-20-26-8-5-23(17-35-26)29(39)42-2)15-12-33-21-27-9-6-24(18-36-27)30(40)43-3;2*2-1(3,4)8(5,6)7;/h4-9,16-21H,10-15H2,1-3H3;2*(H,5,6,7);/q;;;+2/p-2. The molecule has 330 valence electrons. The van der Waals surface area contributed by atoms with Crippen LogP contribution in [0.25, 0.3) is 0 Å². The van der Waals surface area contributed by atoms with Gasteiger partial charge in [-0.1, -0.05) is 0 Å². The van der Waals surface area contributed by atoms with Gasteiger partial charge in [-0.3, -0.25) is 34.8 Å². The minimum absolute atomic E-state index is 0. The molecule has 19 nitrogen and oxygen atoms in total. The molecule has 0 saturated heterocycles. The number of aliphatic imine (C=N–C) groups is 3. The summed E-state index contributed by atoms with van der Waals surface area (Å²) in [6, 6.07) is 10.0. The monoisotopic (exact) mass is 941 g/mol. The van der Waals surface area contributed by atoms with Crippen LogP contribution < -0.4 is 0 Å². The van der Waals surface area contributed by atoms with Crippen molar-refractivity contribution in [2.45, 2.75) is 11.0 Å². The summed E-state index contributed by atoms with van der Waals surface area (Å²) < 4.78 is 132. The third kappa shape index (κ3) is 21.1. The molecule has 3 rings (SSSR count). The van der Waals surface area contributed by atoms with Gasteiger partial charge in [0, 0.05) is 56.9 Å². The van der Waals surface area contributed by atoms with Crippen LogP contribution in [0.2, 0.25) is 0 Å². The number of rotatable bonds is 15. The van der Waals surface area contributed by atoms with Gasteiger partial charge in [0.05, 0.1) is 74.7 Å². The van der Waals surface area contributed by atoms with Gasteiger partial charge in [-0.05, 0) is 36.4 Å². The summed E-state index contributed by atoms with van der Waals surface area (Å²) in [6.07, 6.45) is 9.32. The van der Waals surface area contributed by atoms with Crippen LogP contribution in [0, 0.1) is 0 Å². The minimum Gasteiger partial charge on any atom is -0.741 e. The summed E-state index contributed by atoms with van der Waals surface area (Å²) in [5.74, 6) is -1.33. The first-order valence-corrected chi connectivity index (χ1v) is 18.6. The van der Waals surface area contributed by atoms with Crippen LogP contribution in [0.5, 0.6) is 0 Å². The Morgan fingerprint density at radius 2 is 0.817 bits per heavy atom. The Labute approximate surface area is 349 Å². The second-order valence-electron chi connectivity index (χ2n) is 10.6. The quantitative estimate of drug-likeness (QED) is 0.0402. The smallest absolute Gasteiger partial charge is 0.741 e. The van der Waals surface area contributed by atoms with Crippen molar-refractivity contribution in [2.24, 2.45) is 15.0 Å². The third-order valence-electron chi connectivity index (χ3n) is 6.50. The molecule has 0 aromatic carbocycles. The first-order chi connectivity index (χ1) is 27.4. The number of pyridine rings is 3. The van der Waals surface area contributed by atoms with Crippen LogP contribution in [0.4, 0.5) is 26.3 Å². The van der Waals surface area contributed by atoms with E-state index in [0.717, 1.165) is 0 Å². The van der Waals surface area contributed by atoms with Gasteiger partial charge in [0.25, 0.3) is 0 Å². The van der Waals surface area contributed by atoms with E-state index in [1.807, 2.05) is 0 Å². The minimum atomic E-state index is -6.09. The number of carbonyl (C=O) groups excluding carboxylic acids is 3. The van der Waals surface area contributed by atoms with Crippen LogP contribution >= 0.6 is 0 Å². The predicted molar refractivity (Wildman–Crippen MR) is 192 cm³/mol. The maximum Gasteiger partial charge on any atom is 2.00 e. The van der Waals surface area contributed by atoms with Crippen LogP contribution in [0.1, 0.15) is 48.2 Å². The number of hydrogen-bond acceptors (Lipinski definition) is 19. The van der Waals surface area contributed by atoms with Crippen molar-refractivity contribution in [2.75, 3.05) is 60.6 Å². The molecule has 0 amide bonds. The van der Waals surface area contributed by atoms with Gasteiger partial charge in [0.15, 0.2) is 20.2 Å². The zero-order valence-corrected chi connectivity index (χ0v) is 33.9. The normalized spacial score (nSPS) is 11.9. The van der Waals surface area contributed by atoms with Crippen molar-refractivity contribution in [3.63, 3.8) is 0 Å². The van der Waals surface area contributed by atoms with Gasteiger partial charge in [0.1, 0.15) is 0 Å². The van der Waals surface area contributed by atoms with E-state index < -0.39 is 49.2 Å². The molecule has 3 heterocycles. The Balaban J connectivity index is 0.00000172. The van der Waals surface area contributed by atoms with E-state index in [9.17, 15) is 40.7 Å². The number of esters is 3.